The Kier molecular flexibility index (Phi) is 4.50. The Hall–Kier alpha value is -4.89. The third-order valence-electron chi connectivity index (χ3n) is 8.18. The van der Waals surface area contributed by atoms with E-state index < -0.39 is 5.66 Å². The van der Waals surface area contributed by atoms with Gasteiger partial charge in [-0.3, -0.25) is 0 Å². The second-order valence-corrected chi connectivity index (χ2v) is 10.1. The Balaban J connectivity index is 1.62. The monoisotopic (exact) mass is 488 g/mol. The Morgan fingerprint density at radius 2 is 1.00 bits per heavy atom. The molecule has 0 saturated carbocycles. The van der Waals surface area contributed by atoms with E-state index in [1.807, 2.05) is 0 Å². The maximum Gasteiger partial charge on any atom is 0.393 e. The van der Waals surface area contributed by atoms with Gasteiger partial charge in [-0.2, -0.15) is 4.57 Å². The molecular weight excluding hydrogens is 462 g/mol. The van der Waals surface area contributed by atoms with Gasteiger partial charge >= 0.3 is 5.66 Å². The van der Waals surface area contributed by atoms with E-state index in [1.165, 1.54) is 50.6 Å². The molecule has 0 radical (unpaired) electrons. The minimum absolute atomic E-state index is 0.525. The fourth-order valence-electron chi connectivity index (χ4n) is 6.63. The number of nitrogens with zero attached hydrogens (tertiary/aromatic N) is 3. The van der Waals surface area contributed by atoms with Crippen molar-refractivity contribution in [1.29, 1.82) is 0 Å². The molecule has 38 heavy (non-hydrogen) atoms. The standard InChI is InChI=1S/C35H26N3/c1-2-14-27-26(13-1)25-35(37-23-11-8-20-33(27)37)30-17-5-3-15-28(30)31-19-7-10-22-36(31)32-18-6-4-16-29(32)34-21-9-12-24-38(34)35/h1-24H,25H2/q+3. The largest absolute Gasteiger partial charge is 0.393 e. The van der Waals surface area contributed by atoms with Crippen molar-refractivity contribution in [3.63, 3.8) is 0 Å². The van der Waals surface area contributed by atoms with Crippen LogP contribution in [0, 0.1) is 0 Å². The minimum Gasteiger partial charge on any atom is -0.159 e. The lowest BCUT2D eigenvalue weighted by atomic mass is 9.81. The molecule has 3 nitrogen and oxygen atoms in total. The predicted octanol–water partition coefficient (Wildman–Crippen LogP) is 5.66. The van der Waals surface area contributed by atoms with Gasteiger partial charge in [0.1, 0.15) is 17.5 Å². The van der Waals surface area contributed by atoms with Crippen molar-refractivity contribution in [2.24, 2.45) is 0 Å². The Labute approximate surface area is 222 Å². The fraction of sp³-hybridized carbons (Fsp3) is 0.0571. The van der Waals surface area contributed by atoms with Gasteiger partial charge in [0.25, 0.3) is 0 Å². The first-order chi connectivity index (χ1) is 18.9. The Morgan fingerprint density at radius 1 is 0.447 bits per heavy atom. The minimum atomic E-state index is -0.525. The summed E-state index contributed by atoms with van der Waals surface area (Å²) >= 11 is 0. The van der Waals surface area contributed by atoms with E-state index in [-0.39, 0.29) is 0 Å². The zero-order chi connectivity index (χ0) is 25.1. The first kappa shape index (κ1) is 21.2. The summed E-state index contributed by atoms with van der Waals surface area (Å²) < 4.78 is 7.35. The SMILES string of the molecule is c1ccc2c(c1)CC1(c3ccccc3-c3cccc[n+]3-c3ccccc3-c3cccc[n+]31)[n+]1ccccc1-2. The Morgan fingerprint density at radius 3 is 1.79 bits per heavy atom. The van der Waals surface area contributed by atoms with Gasteiger partial charge in [-0.15, -0.1) is 9.13 Å². The van der Waals surface area contributed by atoms with E-state index in [0.29, 0.717) is 0 Å². The van der Waals surface area contributed by atoms with Crippen molar-refractivity contribution in [3.8, 4) is 39.5 Å². The molecule has 1 spiro atoms. The summed E-state index contributed by atoms with van der Waals surface area (Å²) in [6.07, 6.45) is 7.54. The molecule has 3 heteroatoms. The molecule has 0 amide bonds. The molecule has 5 heterocycles. The van der Waals surface area contributed by atoms with Crippen molar-refractivity contribution in [2.45, 2.75) is 12.1 Å². The van der Waals surface area contributed by atoms with Gasteiger partial charge in [0.2, 0.25) is 22.8 Å². The van der Waals surface area contributed by atoms with Crippen molar-refractivity contribution in [2.75, 3.05) is 0 Å². The number of rotatable bonds is 0. The lowest BCUT2D eigenvalue weighted by Crippen LogP contribution is -2.77. The number of hydrogen-bond acceptors (Lipinski definition) is 0. The number of aromatic nitrogens is 3. The van der Waals surface area contributed by atoms with Crippen LogP contribution in [0.15, 0.2) is 146 Å². The number of hydrogen-bond donors (Lipinski definition) is 0. The molecule has 8 rings (SSSR count). The van der Waals surface area contributed by atoms with Gasteiger partial charge in [-0.25, -0.2) is 0 Å². The maximum atomic E-state index is 2.51. The molecule has 3 aromatic heterocycles. The first-order valence-corrected chi connectivity index (χ1v) is 13.2. The van der Waals surface area contributed by atoms with Crippen molar-refractivity contribution >= 4 is 0 Å². The molecule has 178 valence electrons. The normalized spacial score (nSPS) is 16.4. The molecule has 0 fully saturated rings. The predicted molar refractivity (Wildman–Crippen MR) is 147 cm³/mol. The molecule has 2 aliphatic heterocycles. The summed E-state index contributed by atoms with van der Waals surface area (Å²) in [6, 6.07) is 46.3. The molecule has 0 N–H and O–H groups in total. The highest BCUT2D eigenvalue weighted by Crippen LogP contribution is 2.40. The number of para-hydroxylation sites is 1. The zero-order valence-electron chi connectivity index (χ0n) is 20.9. The summed E-state index contributed by atoms with van der Waals surface area (Å²) in [5, 5.41) is 0. The van der Waals surface area contributed by atoms with E-state index in [9.17, 15) is 0 Å². The lowest BCUT2D eigenvalue weighted by Gasteiger charge is -2.31. The molecule has 2 aliphatic rings. The summed E-state index contributed by atoms with van der Waals surface area (Å²) in [5.74, 6) is 0. The van der Waals surface area contributed by atoms with E-state index in [0.717, 1.165) is 6.42 Å². The van der Waals surface area contributed by atoms with Crippen molar-refractivity contribution < 1.29 is 13.7 Å². The van der Waals surface area contributed by atoms with Crippen LogP contribution in [-0.2, 0) is 12.1 Å². The average molecular weight is 489 g/mol. The van der Waals surface area contributed by atoms with Crippen LogP contribution in [0.2, 0.25) is 0 Å². The van der Waals surface area contributed by atoms with E-state index in [4.69, 9.17) is 0 Å². The van der Waals surface area contributed by atoms with Crippen LogP contribution in [0.25, 0.3) is 39.5 Å². The van der Waals surface area contributed by atoms with Crippen molar-refractivity contribution in [3.05, 3.63) is 157 Å². The molecule has 1 atom stereocenters. The van der Waals surface area contributed by atoms with E-state index >= 15 is 0 Å². The van der Waals surface area contributed by atoms with Gasteiger partial charge in [0, 0.05) is 42.5 Å². The molecule has 0 bridgehead atoms. The maximum absolute atomic E-state index is 2.51. The topological polar surface area (TPSA) is 11.6 Å². The number of benzene rings is 3. The van der Waals surface area contributed by atoms with E-state index in [1.54, 1.807) is 0 Å². The quantitative estimate of drug-likeness (QED) is 0.245. The van der Waals surface area contributed by atoms with Gasteiger partial charge in [-0.05, 0) is 48.0 Å². The van der Waals surface area contributed by atoms with Crippen LogP contribution in [0.3, 0.4) is 0 Å². The average Bonchev–Trinajstić information content (AvgIpc) is 3.03. The third-order valence-corrected chi connectivity index (χ3v) is 8.18. The fourth-order valence-corrected chi connectivity index (χ4v) is 6.63. The van der Waals surface area contributed by atoms with Gasteiger partial charge < -0.3 is 0 Å². The first-order valence-electron chi connectivity index (χ1n) is 13.2. The summed E-state index contributed by atoms with van der Waals surface area (Å²) in [4.78, 5) is 0. The number of fused-ring (bicyclic) bond motifs is 13. The molecule has 1 unspecified atom stereocenters. The smallest absolute Gasteiger partial charge is 0.159 e. The van der Waals surface area contributed by atoms with Gasteiger partial charge in [0.15, 0.2) is 18.6 Å². The summed E-state index contributed by atoms with van der Waals surface area (Å²) in [5.41, 5.74) is 10.6. The second kappa shape index (κ2) is 8.06. The highest BCUT2D eigenvalue weighted by Gasteiger charge is 2.59. The molecular formula is C35H26N3+3. The van der Waals surface area contributed by atoms with Gasteiger partial charge in [0.05, 0.1) is 11.1 Å². The van der Waals surface area contributed by atoms with Crippen LogP contribution in [0.1, 0.15) is 11.1 Å². The van der Waals surface area contributed by atoms with Crippen LogP contribution in [0.5, 0.6) is 0 Å². The highest BCUT2D eigenvalue weighted by atomic mass is 15.3. The zero-order valence-corrected chi connectivity index (χ0v) is 20.9. The van der Waals surface area contributed by atoms with Crippen molar-refractivity contribution in [1.82, 2.24) is 0 Å². The summed E-state index contributed by atoms with van der Waals surface area (Å²) in [6.45, 7) is 0. The molecule has 0 saturated heterocycles. The molecule has 6 aromatic rings. The van der Waals surface area contributed by atoms with Crippen LogP contribution < -0.4 is 13.7 Å². The second-order valence-electron chi connectivity index (χ2n) is 10.1. The molecule has 0 aliphatic carbocycles. The summed E-state index contributed by atoms with van der Waals surface area (Å²) in [7, 11) is 0. The highest BCUT2D eigenvalue weighted by molar-refractivity contribution is 5.70. The van der Waals surface area contributed by atoms with Crippen LogP contribution in [-0.4, -0.2) is 0 Å². The van der Waals surface area contributed by atoms with Crippen LogP contribution in [0.4, 0.5) is 0 Å². The van der Waals surface area contributed by atoms with Crippen LogP contribution >= 0.6 is 0 Å². The lowest BCUT2D eigenvalue weighted by molar-refractivity contribution is -0.975. The van der Waals surface area contributed by atoms with E-state index in [2.05, 4.69) is 160 Å². The number of pyridine rings is 3. The molecule has 3 aromatic carbocycles. The van der Waals surface area contributed by atoms with Gasteiger partial charge in [-0.1, -0.05) is 42.5 Å². The Bertz CT molecular complexity index is 1780. The third kappa shape index (κ3) is 2.81.